The Kier molecular flexibility index (Phi) is 4.85. The fourth-order valence-electron chi connectivity index (χ4n) is 2.53. The summed E-state index contributed by atoms with van der Waals surface area (Å²) in [4.78, 5) is 38.2. The highest BCUT2D eigenvalue weighted by Gasteiger charge is 2.37. The van der Waals surface area contributed by atoms with Crippen molar-refractivity contribution in [2.45, 2.75) is 13.8 Å². The van der Waals surface area contributed by atoms with Crippen LogP contribution in [0.3, 0.4) is 0 Å². The summed E-state index contributed by atoms with van der Waals surface area (Å²) in [6, 6.07) is 9.08. The first-order valence-corrected chi connectivity index (χ1v) is 8.47. The summed E-state index contributed by atoms with van der Waals surface area (Å²) in [6.07, 6.45) is 1.34. The van der Waals surface area contributed by atoms with E-state index in [9.17, 15) is 14.4 Å². The lowest BCUT2D eigenvalue weighted by atomic mass is 10.1. The van der Waals surface area contributed by atoms with Crippen molar-refractivity contribution in [1.29, 1.82) is 0 Å². The molecule has 0 bridgehead atoms. The first-order chi connectivity index (χ1) is 12.3. The molecule has 132 valence electrons. The summed E-state index contributed by atoms with van der Waals surface area (Å²) >= 11 is 12.0. The van der Waals surface area contributed by atoms with Crippen molar-refractivity contribution in [3.63, 3.8) is 0 Å². The van der Waals surface area contributed by atoms with Gasteiger partial charge in [0.15, 0.2) is 0 Å². The Bertz CT molecular complexity index is 983. The van der Waals surface area contributed by atoms with Crippen LogP contribution in [-0.4, -0.2) is 17.8 Å². The summed E-state index contributed by atoms with van der Waals surface area (Å²) < 4.78 is 0. The number of hydrogen-bond donors (Lipinski definition) is 1. The Hall–Kier alpha value is -2.63. The average Bonchev–Trinajstić information content (AvgIpc) is 2.56. The molecule has 1 heterocycles. The van der Waals surface area contributed by atoms with Gasteiger partial charge in [0.1, 0.15) is 5.57 Å². The second-order valence-electron chi connectivity index (χ2n) is 5.89. The minimum atomic E-state index is -0.789. The Labute approximate surface area is 160 Å². The summed E-state index contributed by atoms with van der Waals surface area (Å²) in [6.45, 7) is 3.80. The number of nitrogens with zero attached hydrogens (tertiary/aromatic N) is 1. The Morgan fingerprint density at radius 3 is 2.35 bits per heavy atom. The topological polar surface area (TPSA) is 66.5 Å². The van der Waals surface area contributed by atoms with Crippen molar-refractivity contribution < 1.29 is 14.4 Å². The number of urea groups is 1. The number of benzene rings is 2. The number of nitrogens with one attached hydrogen (secondary N) is 1. The van der Waals surface area contributed by atoms with Crippen molar-refractivity contribution in [3.05, 3.63) is 68.7 Å². The van der Waals surface area contributed by atoms with Gasteiger partial charge < -0.3 is 0 Å². The first-order valence-electron chi connectivity index (χ1n) is 7.71. The van der Waals surface area contributed by atoms with E-state index in [4.69, 9.17) is 23.2 Å². The van der Waals surface area contributed by atoms with E-state index in [1.165, 1.54) is 12.1 Å². The third-order valence-corrected chi connectivity index (χ3v) is 4.68. The van der Waals surface area contributed by atoms with Crippen LogP contribution < -0.4 is 10.2 Å². The third kappa shape index (κ3) is 3.36. The summed E-state index contributed by atoms with van der Waals surface area (Å²) in [5.74, 6) is -1.49. The van der Waals surface area contributed by atoms with Gasteiger partial charge in [-0.3, -0.25) is 14.9 Å². The van der Waals surface area contributed by atoms with Gasteiger partial charge in [0.25, 0.3) is 11.8 Å². The molecular formula is C19H14Cl2N2O3. The smallest absolute Gasteiger partial charge is 0.273 e. The summed E-state index contributed by atoms with van der Waals surface area (Å²) in [5.41, 5.74) is 2.59. The molecular weight excluding hydrogens is 375 g/mol. The highest BCUT2D eigenvalue weighted by molar-refractivity contribution is 6.40. The van der Waals surface area contributed by atoms with Crippen LogP contribution >= 0.6 is 23.2 Å². The van der Waals surface area contributed by atoms with Gasteiger partial charge in [0, 0.05) is 10.0 Å². The molecule has 2 aromatic carbocycles. The average molecular weight is 389 g/mol. The van der Waals surface area contributed by atoms with Gasteiger partial charge in [-0.2, -0.15) is 0 Å². The number of anilines is 1. The lowest BCUT2D eigenvalue weighted by molar-refractivity contribution is -0.122. The van der Waals surface area contributed by atoms with E-state index in [0.717, 1.165) is 16.0 Å². The first kappa shape index (κ1) is 18.2. The van der Waals surface area contributed by atoms with Crippen LogP contribution in [-0.2, 0) is 9.59 Å². The second kappa shape index (κ2) is 6.94. The second-order valence-corrected chi connectivity index (χ2v) is 6.74. The largest absolute Gasteiger partial charge is 0.335 e. The predicted octanol–water partition coefficient (Wildman–Crippen LogP) is 4.28. The molecule has 1 fully saturated rings. The molecule has 0 saturated carbocycles. The number of amides is 4. The number of carbonyl (C=O) groups is 3. The Morgan fingerprint density at radius 1 is 0.962 bits per heavy atom. The number of imide groups is 2. The number of barbiturate groups is 1. The van der Waals surface area contributed by atoms with Crippen molar-refractivity contribution in [2.24, 2.45) is 0 Å². The molecule has 0 atom stereocenters. The molecule has 3 rings (SSSR count). The molecule has 1 N–H and O–H groups in total. The highest BCUT2D eigenvalue weighted by Crippen LogP contribution is 2.27. The Morgan fingerprint density at radius 2 is 1.69 bits per heavy atom. The zero-order chi connectivity index (χ0) is 19.0. The molecule has 1 aliphatic rings. The van der Waals surface area contributed by atoms with Crippen LogP contribution in [0.5, 0.6) is 0 Å². The fraction of sp³-hybridized carbons (Fsp3) is 0.105. The SMILES string of the molecule is Cc1ccc(N2C(=O)NC(=O)/C(=C/c3ccc(Cl)cc3Cl)C2=O)cc1C. The van der Waals surface area contributed by atoms with E-state index < -0.39 is 17.8 Å². The van der Waals surface area contributed by atoms with Crippen LogP contribution in [0.25, 0.3) is 6.08 Å². The zero-order valence-electron chi connectivity index (χ0n) is 14.0. The van der Waals surface area contributed by atoms with Crippen molar-refractivity contribution in [2.75, 3.05) is 4.90 Å². The minimum Gasteiger partial charge on any atom is -0.273 e. The van der Waals surface area contributed by atoms with Gasteiger partial charge >= 0.3 is 6.03 Å². The molecule has 0 aliphatic carbocycles. The number of hydrogen-bond acceptors (Lipinski definition) is 3. The lowest BCUT2D eigenvalue weighted by Gasteiger charge is -2.27. The van der Waals surface area contributed by atoms with Crippen molar-refractivity contribution >= 4 is 52.8 Å². The van der Waals surface area contributed by atoms with Gasteiger partial charge in [0.2, 0.25) is 0 Å². The Balaban J connectivity index is 2.05. The maximum Gasteiger partial charge on any atom is 0.335 e. The maximum absolute atomic E-state index is 12.8. The summed E-state index contributed by atoms with van der Waals surface area (Å²) in [7, 11) is 0. The molecule has 5 nitrogen and oxygen atoms in total. The van der Waals surface area contributed by atoms with Crippen LogP contribution in [0, 0.1) is 13.8 Å². The normalized spacial score (nSPS) is 16.2. The van der Waals surface area contributed by atoms with Crippen LogP contribution in [0.2, 0.25) is 10.0 Å². The van der Waals surface area contributed by atoms with Crippen LogP contribution in [0.15, 0.2) is 42.0 Å². The molecule has 2 aromatic rings. The van der Waals surface area contributed by atoms with E-state index in [-0.39, 0.29) is 5.57 Å². The van der Waals surface area contributed by atoms with Gasteiger partial charge in [-0.25, -0.2) is 9.69 Å². The van der Waals surface area contributed by atoms with E-state index in [1.54, 1.807) is 30.3 Å². The van der Waals surface area contributed by atoms with E-state index in [1.807, 2.05) is 13.8 Å². The molecule has 1 aliphatic heterocycles. The molecule has 0 radical (unpaired) electrons. The minimum absolute atomic E-state index is 0.188. The van der Waals surface area contributed by atoms with Gasteiger partial charge in [-0.05, 0) is 60.9 Å². The monoisotopic (exact) mass is 388 g/mol. The predicted molar refractivity (Wildman–Crippen MR) is 101 cm³/mol. The molecule has 0 aromatic heterocycles. The maximum atomic E-state index is 12.8. The number of carbonyl (C=O) groups excluding carboxylic acids is 3. The quantitative estimate of drug-likeness (QED) is 0.616. The number of halogens is 2. The lowest BCUT2D eigenvalue weighted by Crippen LogP contribution is -2.54. The molecule has 0 unspecified atom stereocenters. The van der Waals surface area contributed by atoms with Crippen LogP contribution in [0.4, 0.5) is 10.5 Å². The highest BCUT2D eigenvalue weighted by atomic mass is 35.5. The molecule has 4 amide bonds. The number of aryl methyl sites for hydroxylation is 2. The van der Waals surface area contributed by atoms with Gasteiger partial charge in [-0.1, -0.05) is 35.3 Å². The molecule has 26 heavy (non-hydrogen) atoms. The van der Waals surface area contributed by atoms with Crippen LogP contribution in [0.1, 0.15) is 16.7 Å². The molecule has 7 heteroatoms. The van der Waals surface area contributed by atoms with Gasteiger partial charge in [-0.15, -0.1) is 0 Å². The van der Waals surface area contributed by atoms with Crippen molar-refractivity contribution in [1.82, 2.24) is 5.32 Å². The van der Waals surface area contributed by atoms with Crippen molar-refractivity contribution in [3.8, 4) is 0 Å². The van der Waals surface area contributed by atoms with E-state index in [0.29, 0.717) is 21.3 Å². The molecule has 1 saturated heterocycles. The van der Waals surface area contributed by atoms with E-state index in [2.05, 4.69) is 5.32 Å². The fourth-order valence-corrected chi connectivity index (χ4v) is 2.99. The zero-order valence-corrected chi connectivity index (χ0v) is 15.5. The standard InChI is InChI=1S/C19H14Cl2N2O3/c1-10-3-6-14(7-11(10)2)23-18(25)15(17(24)22-19(23)26)8-12-4-5-13(20)9-16(12)21/h3-9H,1-2H3,(H,22,24,26)/b15-8-. The van der Waals surface area contributed by atoms with Gasteiger partial charge in [0.05, 0.1) is 5.69 Å². The summed E-state index contributed by atoms with van der Waals surface area (Å²) in [5, 5.41) is 2.91. The molecule has 0 spiro atoms. The van der Waals surface area contributed by atoms with E-state index >= 15 is 0 Å². The number of rotatable bonds is 2. The third-order valence-electron chi connectivity index (χ3n) is 4.11.